The smallest absolute Gasteiger partial charge is 0.257 e. The van der Waals surface area contributed by atoms with Crippen molar-refractivity contribution in [2.24, 2.45) is 5.10 Å². The van der Waals surface area contributed by atoms with Crippen molar-refractivity contribution in [2.75, 3.05) is 20.7 Å². The molecule has 3 rings (SSSR count). The summed E-state index contributed by atoms with van der Waals surface area (Å²) < 4.78 is 5.36. The van der Waals surface area contributed by atoms with Crippen LogP contribution < -0.4 is 4.74 Å². The molecule has 0 spiro atoms. The van der Waals surface area contributed by atoms with Gasteiger partial charge in [0.05, 0.1) is 25.4 Å². The van der Waals surface area contributed by atoms with E-state index in [1.807, 2.05) is 48.3 Å². The van der Waals surface area contributed by atoms with Gasteiger partial charge in [0.15, 0.2) is 0 Å². The molecule has 1 aliphatic rings. The van der Waals surface area contributed by atoms with Crippen LogP contribution in [0.3, 0.4) is 0 Å². The van der Waals surface area contributed by atoms with Gasteiger partial charge in [0.1, 0.15) is 5.75 Å². The number of amides is 1. The van der Waals surface area contributed by atoms with Crippen molar-refractivity contribution in [3.63, 3.8) is 0 Å². The second-order valence-corrected chi connectivity index (χ2v) is 7.60. The lowest BCUT2D eigenvalue weighted by molar-refractivity contribution is -0.134. The summed E-state index contributed by atoms with van der Waals surface area (Å²) in [6.45, 7) is 6.60. The Labute approximate surface area is 167 Å². The quantitative estimate of drug-likeness (QED) is 0.761. The van der Waals surface area contributed by atoms with Crippen molar-refractivity contribution in [3.05, 3.63) is 65.2 Å². The fourth-order valence-corrected chi connectivity index (χ4v) is 3.39. The maximum atomic E-state index is 13.1. The minimum atomic E-state index is -0.0875. The van der Waals surface area contributed by atoms with Crippen LogP contribution in [0.25, 0.3) is 0 Å². The molecule has 0 aliphatic carbocycles. The normalized spacial score (nSPS) is 16.6. The fourth-order valence-electron chi connectivity index (χ4n) is 3.39. The third-order valence-corrected chi connectivity index (χ3v) is 5.38. The van der Waals surface area contributed by atoms with Gasteiger partial charge in [0.25, 0.3) is 5.91 Å². The van der Waals surface area contributed by atoms with Gasteiger partial charge in [0.2, 0.25) is 0 Å². The number of hydrazone groups is 1. The van der Waals surface area contributed by atoms with E-state index in [9.17, 15) is 4.79 Å². The number of carbonyl (C=O) groups excluding carboxylic acids is 1. The molecule has 2 aromatic rings. The van der Waals surface area contributed by atoms with Crippen molar-refractivity contribution in [2.45, 2.75) is 39.3 Å². The number of benzene rings is 2. The van der Waals surface area contributed by atoms with Crippen LogP contribution in [-0.4, -0.2) is 48.3 Å². The highest BCUT2D eigenvalue weighted by molar-refractivity contribution is 6.03. The summed E-state index contributed by atoms with van der Waals surface area (Å²) in [6.07, 6.45) is 0.690. The Morgan fingerprint density at radius 1 is 1.25 bits per heavy atom. The van der Waals surface area contributed by atoms with Gasteiger partial charge in [-0.2, -0.15) is 5.10 Å². The van der Waals surface area contributed by atoms with E-state index in [-0.39, 0.29) is 11.9 Å². The zero-order chi connectivity index (χ0) is 20.3. The van der Waals surface area contributed by atoms with Gasteiger partial charge in [0, 0.05) is 18.0 Å². The third-order valence-electron chi connectivity index (χ3n) is 5.38. The standard InChI is InChI=1S/C23H29N3O2/c1-16(2)25(4)15-23(27)26-22(20-12-7-6-9-17(20)3)14-21(24-26)18-10-8-11-19(13-18)28-5/h6-13,16,22H,14-15H2,1-5H3/t22-/m0/s1. The summed E-state index contributed by atoms with van der Waals surface area (Å²) in [5, 5.41) is 6.44. The molecule has 0 fully saturated rings. The van der Waals surface area contributed by atoms with Gasteiger partial charge in [-0.15, -0.1) is 0 Å². The predicted molar refractivity (Wildman–Crippen MR) is 113 cm³/mol. The van der Waals surface area contributed by atoms with Crippen molar-refractivity contribution in [1.29, 1.82) is 0 Å². The summed E-state index contributed by atoms with van der Waals surface area (Å²) in [4.78, 5) is 15.1. The molecule has 1 aliphatic heterocycles. The molecule has 0 bridgehead atoms. The largest absolute Gasteiger partial charge is 0.497 e. The average Bonchev–Trinajstić information content (AvgIpc) is 3.13. The van der Waals surface area contributed by atoms with Gasteiger partial charge in [-0.3, -0.25) is 9.69 Å². The van der Waals surface area contributed by atoms with E-state index < -0.39 is 0 Å². The molecule has 1 heterocycles. The van der Waals surface area contributed by atoms with Crippen LogP contribution in [0.5, 0.6) is 5.75 Å². The molecule has 5 nitrogen and oxygen atoms in total. The summed E-state index contributed by atoms with van der Waals surface area (Å²) in [7, 11) is 3.62. The lowest BCUT2D eigenvalue weighted by Gasteiger charge is -2.27. The average molecular weight is 380 g/mol. The van der Waals surface area contributed by atoms with Gasteiger partial charge in [-0.25, -0.2) is 5.01 Å². The SMILES string of the molecule is COc1cccc(C2=NN(C(=O)CN(C)C(C)C)[C@H](c3ccccc3C)C2)c1. The molecule has 2 aromatic carbocycles. The lowest BCUT2D eigenvalue weighted by atomic mass is 9.95. The summed E-state index contributed by atoms with van der Waals surface area (Å²) >= 11 is 0. The first kappa shape index (κ1) is 20.1. The topological polar surface area (TPSA) is 45.1 Å². The van der Waals surface area contributed by atoms with E-state index in [0.29, 0.717) is 19.0 Å². The third kappa shape index (κ3) is 4.25. The van der Waals surface area contributed by atoms with E-state index >= 15 is 0 Å². The molecule has 1 amide bonds. The molecular weight excluding hydrogens is 350 g/mol. The van der Waals surface area contributed by atoms with Crippen LogP contribution in [0, 0.1) is 6.92 Å². The first-order chi connectivity index (χ1) is 13.4. The monoisotopic (exact) mass is 379 g/mol. The Hall–Kier alpha value is -2.66. The number of rotatable bonds is 6. The Bertz CT molecular complexity index is 876. The fraction of sp³-hybridized carbons (Fsp3) is 0.391. The van der Waals surface area contributed by atoms with Crippen molar-refractivity contribution >= 4 is 11.6 Å². The Morgan fingerprint density at radius 2 is 2.00 bits per heavy atom. The lowest BCUT2D eigenvalue weighted by Crippen LogP contribution is -2.39. The highest BCUT2D eigenvalue weighted by Crippen LogP contribution is 2.35. The molecule has 0 radical (unpaired) electrons. The van der Waals surface area contributed by atoms with Gasteiger partial charge in [-0.05, 0) is 51.1 Å². The van der Waals surface area contributed by atoms with Crippen LogP contribution in [0.2, 0.25) is 0 Å². The van der Waals surface area contributed by atoms with Crippen LogP contribution in [0.1, 0.15) is 43.0 Å². The van der Waals surface area contributed by atoms with Crippen LogP contribution in [-0.2, 0) is 4.79 Å². The van der Waals surface area contributed by atoms with E-state index in [2.05, 4.69) is 32.9 Å². The highest BCUT2D eigenvalue weighted by Gasteiger charge is 2.34. The first-order valence-corrected chi connectivity index (χ1v) is 9.70. The zero-order valence-electron chi connectivity index (χ0n) is 17.3. The van der Waals surface area contributed by atoms with E-state index in [4.69, 9.17) is 9.84 Å². The minimum absolute atomic E-state index is 0.0161. The van der Waals surface area contributed by atoms with Crippen LogP contribution in [0.4, 0.5) is 0 Å². The number of hydrogen-bond donors (Lipinski definition) is 0. The van der Waals surface area contributed by atoms with E-state index in [1.54, 1.807) is 12.1 Å². The number of hydrogen-bond acceptors (Lipinski definition) is 4. The number of aryl methyl sites for hydroxylation is 1. The second-order valence-electron chi connectivity index (χ2n) is 7.60. The van der Waals surface area contributed by atoms with Crippen molar-refractivity contribution < 1.29 is 9.53 Å². The van der Waals surface area contributed by atoms with Gasteiger partial charge >= 0.3 is 0 Å². The molecule has 1 atom stereocenters. The van der Waals surface area contributed by atoms with Gasteiger partial charge in [-0.1, -0.05) is 36.4 Å². The summed E-state index contributed by atoms with van der Waals surface area (Å²) in [5.74, 6) is 0.805. The number of likely N-dealkylation sites (N-methyl/N-ethyl adjacent to an activating group) is 1. The Morgan fingerprint density at radius 3 is 2.68 bits per heavy atom. The molecule has 5 heteroatoms. The predicted octanol–water partition coefficient (Wildman–Crippen LogP) is 4.02. The van der Waals surface area contributed by atoms with Crippen molar-refractivity contribution in [1.82, 2.24) is 9.91 Å². The molecule has 0 aromatic heterocycles. The Balaban J connectivity index is 1.95. The molecule has 0 saturated carbocycles. The van der Waals surface area contributed by atoms with E-state index in [1.165, 1.54) is 5.56 Å². The van der Waals surface area contributed by atoms with E-state index in [0.717, 1.165) is 22.6 Å². The summed E-state index contributed by atoms with van der Waals surface area (Å²) in [5.41, 5.74) is 4.22. The minimum Gasteiger partial charge on any atom is -0.497 e. The maximum absolute atomic E-state index is 13.1. The first-order valence-electron chi connectivity index (χ1n) is 9.70. The molecule has 0 saturated heterocycles. The highest BCUT2D eigenvalue weighted by atomic mass is 16.5. The number of carbonyl (C=O) groups is 1. The molecule has 0 N–H and O–H groups in total. The zero-order valence-corrected chi connectivity index (χ0v) is 17.3. The number of nitrogens with zero attached hydrogens (tertiary/aromatic N) is 3. The molecule has 0 unspecified atom stereocenters. The maximum Gasteiger partial charge on any atom is 0.257 e. The summed E-state index contributed by atoms with van der Waals surface area (Å²) in [6, 6.07) is 16.3. The van der Waals surface area contributed by atoms with Crippen LogP contribution >= 0.6 is 0 Å². The van der Waals surface area contributed by atoms with Crippen LogP contribution in [0.15, 0.2) is 53.6 Å². The Kier molecular flexibility index (Phi) is 6.15. The number of methoxy groups -OCH3 is 1. The number of ether oxygens (including phenoxy) is 1. The van der Waals surface area contributed by atoms with Gasteiger partial charge < -0.3 is 4.74 Å². The molecular formula is C23H29N3O2. The van der Waals surface area contributed by atoms with Crippen molar-refractivity contribution in [3.8, 4) is 5.75 Å². The second kappa shape index (κ2) is 8.57. The molecule has 28 heavy (non-hydrogen) atoms. The molecule has 148 valence electrons.